The van der Waals surface area contributed by atoms with Gasteiger partial charge in [-0.3, -0.25) is 9.59 Å². The number of carbonyl (C=O) groups excluding carboxylic acids is 2. The zero-order valence-corrected chi connectivity index (χ0v) is 12.8. The van der Waals surface area contributed by atoms with Crippen LogP contribution in [0.4, 0.5) is 11.4 Å². The second-order valence-corrected chi connectivity index (χ2v) is 5.51. The van der Waals surface area contributed by atoms with E-state index >= 15 is 0 Å². The van der Waals surface area contributed by atoms with Crippen LogP contribution in [0.5, 0.6) is 0 Å². The maximum Gasteiger partial charge on any atom is 0.239 e. The predicted molar refractivity (Wildman–Crippen MR) is 85.1 cm³/mol. The Bertz CT molecular complexity index is 504. The molecular formula is C15H20ClN3O2. The van der Waals surface area contributed by atoms with E-state index in [1.807, 2.05) is 24.3 Å². The normalized spacial score (nSPS) is 17.8. The fourth-order valence-corrected chi connectivity index (χ4v) is 2.47. The largest absolute Gasteiger partial charge is 0.370 e. The van der Waals surface area contributed by atoms with Gasteiger partial charge in [0.05, 0.1) is 6.54 Å². The highest BCUT2D eigenvalue weighted by Gasteiger charge is 2.22. The first-order valence-corrected chi connectivity index (χ1v) is 7.55. The number of nitrogens with zero attached hydrogens (tertiary/aromatic N) is 1. The molecule has 0 saturated carbocycles. The molecule has 0 aromatic heterocycles. The molecule has 1 atom stereocenters. The van der Waals surface area contributed by atoms with Gasteiger partial charge in [0.1, 0.15) is 11.7 Å². The Morgan fingerprint density at radius 2 is 2.05 bits per heavy atom. The number of amides is 1. The van der Waals surface area contributed by atoms with Gasteiger partial charge >= 0.3 is 0 Å². The lowest BCUT2D eigenvalue weighted by Gasteiger charge is -2.19. The smallest absolute Gasteiger partial charge is 0.239 e. The molecule has 1 aliphatic heterocycles. The molecule has 6 heteroatoms. The van der Waals surface area contributed by atoms with Gasteiger partial charge in [0.25, 0.3) is 0 Å². The van der Waals surface area contributed by atoms with E-state index in [0.717, 1.165) is 30.9 Å². The molecule has 1 heterocycles. The first-order chi connectivity index (χ1) is 10.1. The zero-order chi connectivity index (χ0) is 15.2. The van der Waals surface area contributed by atoms with E-state index in [0.29, 0.717) is 12.6 Å². The van der Waals surface area contributed by atoms with Gasteiger partial charge in [-0.2, -0.15) is 0 Å². The summed E-state index contributed by atoms with van der Waals surface area (Å²) in [5.74, 6) is -0.0934. The number of ketones is 1. The summed E-state index contributed by atoms with van der Waals surface area (Å²) in [6, 6.07) is 8.06. The summed E-state index contributed by atoms with van der Waals surface area (Å²) in [6.45, 7) is 3.87. The molecular weight excluding hydrogens is 290 g/mol. The number of rotatable bonds is 6. The highest BCUT2D eigenvalue weighted by molar-refractivity contribution is 6.29. The van der Waals surface area contributed by atoms with Gasteiger partial charge in [-0.05, 0) is 37.6 Å². The molecule has 1 unspecified atom stereocenters. The van der Waals surface area contributed by atoms with Crippen LogP contribution >= 0.6 is 11.6 Å². The lowest BCUT2D eigenvalue weighted by molar-refractivity contribution is -0.116. The summed E-state index contributed by atoms with van der Waals surface area (Å²) in [5, 5.41) is 5.97. The Kier molecular flexibility index (Phi) is 5.59. The topological polar surface area (TPSA) is 61.4 Å². The van der Waals surface area contributed by atoms with Crippen molar-refractivity contribution >= 4 is 34.7 Å². The van der Waals surface area contributed by atoms with E-state index in [1.165, 1.54) is 0 Å². The molecule has 0 radical (unpaired) electrons. The van der Waals surface area contributed by atoms with E-state index in [2.05, 4.69) is 15.5 Å². The highest BCUT2D eigenvalue weighted by atomic mass is 35.5. The van der Waals surface area contributed by atoms with Crippen molar-refractivity contribution in [1.29, 1.82) is 0 Å². The Labute approximate surface area is 129 Å². The van der Waals surface area contributed by atoms with Crippen LogP contribution in [0.15, 0.2) is 24.3 Å². The van der Waals surface area contributed by atoms with Crippen molar-refractivity contribution in [2.45, 2.75) is 19.4 Å². The van der Waals surface area contributed by atoms with Gasteiger partial charge in [-0.1, -0.05) is 0 Å². The molecule has 1 aliphatic rings. The summed E-state index contributed by atoms with van der Waals surface area (Å²) >= 11 is 5.45. The van der Waals surface area contributed by atoms with Gasteiger partial charge in [-0.25, -0.2) is 0 Å². The summed E-state index contributed by atoms with van der Waals surface area (Å²) in [6.07, 6.45) is 1.03. The van der Waals surface area contributed by atoms with Gasteiger partial charge in [0.2, 0.25) is 5.91 Å². The van der Waals surface area contributed by atoms with Crippen LogP contribution in [0.1, 0.15) is 13.3 Å². The van der Waals surface area contributed by atoms with Crippen LogP contribution in [0.2, 0.25) is 0 Å². The third-order valence-corrected chi connectivity index (χ3v) is 3.71. The third kappa shape index (κ3) is 4.72. The molecule has 2 N–H and O–H groups in total. The van der Waals surface area contributed by atoms with E-state index < -0.39 is 0 Å². The second-order valence-electron chi connectivity index (χ2n) is 5.24. The fourth-order valence-electron chi connectivity index (χ4n) is 2.40. The molecule has 114 valence electrons. The monoisotopic (exact) mass is 309 g/mol. The SMILES string of the molecule is CC(=O)CNC1CCN(c2ccc(NC(=O)CCl)cc2)C1. The highest BCUT2D eigenvalue weighted by Crippen LogP contribution is 2.22. The summed E-state index contributed by atoms with van der Waals surface area (Å²) in [4.78, 5) is 24.5. The Balaban J connectivity index is 1.88. The summed E-state index contributed by atoms with van der Waals surface area (Å²) < 4.78 is 0. The van der Waals surface area contributed by atoms with E-state index in [1.54, 1.807) is 6.92 Å². The molecule has 21 heavy (non-hydrogen) atoms. The average molecular weight is 310 g/mol. The molecule has 1 saturated heterocycles. The van der Waals surface area contributed by atoms with Crippen molar-refractivity contribution in [3.8, 4) is 0 Å². The first-order valence-electron chi connectivity index (χ1n) is 7.02. The predicted octanol–water partition coefficient (Wildman–Crippen LogP) is 1.62. The minimum atomic E-state index is -0.209. The van der Waals surface area contributed by atoms with Gasteiger partial charge in [0, 0.05) is 30.5 Å². The maximum atomic E-state index is 11.2. The average Bonchev–Trinajstić information content (AvgIpc) is 2.94. The molecule has 5 nitrogen and oxygen atoms in total. The molecule has 1 amide bonds. The van der Waals surface area contributed by atoms with Crippen molar-refractivity contribution in [1.82, 2.24) is 5.32 Å². The van der Waals surface area contributed by atoms with Crippen molar-refractivity contribution in [3.05, 3.63) is 24.3 Å². The Morgan fingerprint density at radius 1 is 1.33 bits per heavy atom. The van der Waals surface area contributed by atoms with E-state index in [-0.39, 0.29) is 17.6 Å². The molecule has 0 spiro atoms. The Hall–Kier alpha value is -1.59. The number of nitrogens with one attached hydrogen (secondary N) is 2. The van der Waals surface area contributed by atoms with E-state index in [9.17, 15) is 9.59 Å². The maximum absolute atomic E-state index is 11.2. The number of hydrogen-bond acceptors (Lipinski definition) is 4. The van der Waals surface area contributed by atoms with Crippen LogP contribution in [-0.2, 0) is 9.59 Å². The minimum Gasteiger partial charge on any atom is -0.370 e. The minimum absolute atomic E-state index is 0.0443. The van der Waals surface area contributed by atoms with Crippen LogP contribution in [0.25, 0.3) is 0 Å². The zero-order valence-electron chi connectivity index (χ0n) is 12.1. The molecule has 0 aliphatic carbocycles. The van der Waals surface area contributed by atoms with Gasteiger partial charge in [0.15, 0.2) is 0 Å². The molecule has 0 bridgehead atoms. The molecule has 1 fully saturated rings. The summed E-state index contributed by atoms with van der Waals surface area (Å²) in [7, 11) is 0. The quantitative estimate of drug-likeness (QED) is 0.784. The van der Waals surface area contributed by atoms with Crippen molar-refractivity contribution < 1.29 is 9.59 Å². The number of halogens is 1. The number of benzene rings is 1. The number of alkyl halides is 1. The van der Waals surface area contributed by atoms with Gasteiger partial charge in [-0.15, -0.1) is 11.6 Å². The lowest BCUT2D eigenvalue weighted by Crippen LogP contribution is -2.35. The van der Waals surface area contributed by atoms with Crippen molar-refractivity contribution in [2.24, 2.45) is 0 Å². The van der Waals surface area contributed by atoms with Crippen molar-refractivity contribution in [3.63, 3.8) is 0 Å². The lowest BCUT2D eigenvalue weighted by atomic mass is 10.2. The third-order valence-electron chi connectivity index (χ3n) is 3.47. The molecule has 1 aromatic carbocycles. The number of hydrogen-bond donors (Lipinski definition) is 2. The number of Topliss-reactive ketones (excluding diaryl/α,β-unsaturated/α-hetero) is 1. The van der Waals surface area contributed by atoms with Crippen molar-refractivity contribution in [2.75, 3.05) is 35.7 Å². The number of carbonyl (C=O) groups is 2. The molecule has 1 aromatic rings. The van der Waals surface area contributed by atoms with Crippen LogP contribution in [0.3, 0.4) is 0 Å². The molecule has 2 rings (SSSR count). The van der Waals surface area contributed by atoms with Crippen LogP contribution in [0, 0.1) is 0 Å². The number of anilines is 2. The van der Waals surface area contributed by atoms with Gasteiger partial charge < -0.3 is 15.5 Å². The van der Waals surface area contributed by atoms with Crippen LogP contribution < -0.4 is 15.5 Å². The standard InChI is InChI=1S/C15H20ClN3O2/c1-11(20)9-17-13-6-7-19(10-13)14-4-2-12(3-5-14)18-15(21)8-16/h2-5,13,17H,6-10H2,1H3,(H,18,21). The van der Waals surface area contributed by atoms with Crippen LogP contribution in [-0.4, -0.2) is 43.2 Å². The first kappa shape index (κ1) is 15.8. The Morgan fingerprint density at radius 3 is 2.67 bits per heavy atom. The second kappa shape index (κ2) is 7.43. The van der Waals surface area contributed by atoms with E-state index in [4.69, 9.17) is 11.6 Å². The fraction of sp³-hybridized carbons (Fsp3) is 0.467. The summed E-state index contributed by atoms with van der Waals surface area (Å²) in [5.41, 5.74) is 1.86.